The SMILES string of the molecule is N#Cc1ccc(-c2ccc(-c3nc(-c4ccc(C56C[C@H]7C[C@@H](C5)C[C@@H](C6)C7)cc4)nc(-c4ccc5ccccc5c4)n3)c3ccccc23)cc1. The van der Waals surface area contributed by atoms with E-state index in [1.807, 2.05) is 24.3 Å². The fourth-order valence-electron chi connectivity index (χ4n) is 9.99. The van der Waals surface area contributed by atoms with Crippen molar-refractivity contribution in [2.75, 3.05) is 0 Å². The van der Waals surface area contributed by atoms with Crippen LogP contribution in [0, 0.1) is 29.1 Å². The third kappa shape index (κ3) is 4.91. The lowest BCUT2D eigenvalue weighted by atomic mass is 9.48. The van der Waals surface area contributed by atoms with Crippen LogP contribution in [0.2, 0.25) is 0 Å². The van der Waals surface area contributed by atoms with Gasteiger partial charge in [0.2, 0.25) is 0 Å². The summed E-state index contributed by atoms with van der Waals surface area (Å²) in [5.41, 5.74) is 7.64. The molecular formula is C46H36N4. The molecule has 0 atom stereocenters. The lowest BCUT2D eigenvalue weighted by Crippen LogP contribution is -2.48. The molecular weight excluding hydrogens is 609 g/mol. The van der Waals surface area contributed by atoms with Crippen LogP contribution >= 0.6 is 0 Å². The molecule has 4 bridgehead atoms. The van der Waals surface area contributed by atoms with Crippen molar-refractivity contribution in [3.8, 4) is 51.4 Å². The molecule has 1 heterocycles. The van der Waals surface area contributed by atoms with Crippen molar-refractivity contribution in [3.05, 3.63) is 139 Å². The lowest BCUT2D eigenvalue weighted by molar-refractivity contribution is -0.00518. The molecule has 4 saturated carbocycles. The third-order valence-electron chi connectivity index (χ3n) is 11.9. The quantitative estimate of drug-likeness (QED) is 0.187. The van der Waals surface area contributed by atoms with Crippen molar-refractivity contribution in [3.63, 3.8) is 0 Å². The highest BCUT2D eigenvalue weighted by atomic mass is 15.0. The molecule has 4 heteroatoms. The third-order valence-corrected chi connectivity index (χ3v) is 11.9. The highest BCUT2D eigenvalue weighted by Gasteiger charge is 2.51. The van der Waals surface area contributed by atoms with Gasteiger partial charge in [0.15, 0.2) is 17.5 Å². The van der Waals surface area contributed by atoms with Crippen LogP contribution in [-0.4, -0.2) is 15.0 Å². The van der Waals surface area contributed by atoms with Crippen LogP contribution in [0.4, 0.5) is 0 Å². The van der Waals surface area contributed by atoms with Gasteiger partial charge in [-0.1, -0.05) is 103 Å². The molecule has 7 aromatic rings. The number of aromatic nitrogens is 3. The molecule has 4 aliphatic carbocycles. The van der Waals surface area contributed by atoms with Gasteiger partial charge in [-0.05, 0) is 124 Å². The summed E-state index contributed by atoms with van der Waals surface area (Å²) >= 11 is 0. The Kier molecular flexibility index (Phi) is 6.71. The molecule has 4 aliphatic rings. The molecule has 0 amide bonds. The predicted octanol–water partition coefficient (Wildman–Crippen LogP) is 11.2. The number of nitrogens with zero attached hydrogens (tertiary/aromatic N) is 4. The van der Waals surface area contributed by atoms with E-state index in [4.69, 9.17) is 15.0 Å². The summed E-state index contributed by atoms with van der Waals surface area (Å²) in [6, 6.07) is 46.9. The molecule has 0 saturated heterocycles. The monoisotopic (exact) mass is 644 g/mol. The maximum Gasteiger partial charge on any atom is 0.164 e. The van der Waals surface area contributed by atoms with Gasteiger partial charge in [-0.2, -0.15) is 5.26 Å². The van der Waals surface area contributed by atoms with E-state index in [9.17, 15) is 5.26 Å². The van der Waals surface area contributed by atoms with Crippen LogP contribution in [-0.2, 0) is 5.41 Å². The standard InChI is InChI=1S/C46H36N4/c47-28-29-9-11-34(12-10-29)39-19-20-42(41-8-4-3-7-40(39)41)45-49-43(48-44(50-45)37-14-13-33-5-1-2-6-36(33)24-37)35-15-17-38(18-16-35)46-25-30-21-31(26-46)23-32(22-30)27-46/h1-20,24,30-32H,21-23,25-27H2/t30-,31+,32-,46?. The van der Waals surface area contributed by atoms with Gasteiger partial charge in [0.25, 0.3) is 0 Å². The minimum atomic E-state index is 0.351. The van der Waals surface area contributed by atoms with Crippen LogP contribution in [0.15, 0.2) is 127 Å². The van der Waals surface area contributed by atoms with Crippen LogP contribution in [0.1, 0.15) is 49.7 Å². The van der Waals surface area contributed by atoms with E-state index in [2.05, 4.69) is 109 Å². The van der Waals surface area contributed by atoms with Crippen LogP contribution in [0.25, 0.3) is 66.8 Å². The fraction of sp³-hybridized carbons (Fsp3) is 0.217. The first kappa shape index (κ1) is 29.3. The van der Waals surface area contributed by atoms with E-state index >= 15 is 0 Å². The summed E-state index contributed by atoms with van der Waals surface area (Å²) in [7, 11) is 0. The molecule has 0 radical (unpaired) electrons. The second kappa shape index (κ2) is 11.5. The zero-order chi connectivity index (χ0) is 33.2. The summed E-state index contributed by atoms with van der Waals surface area (Å²) in [6.45, 7) is 0. The van der Waals surface area contributed by atoms with Gasteiger partial charge in [0.05, 0.1) is 11.6 Å². The number of fused-ring (bicyclic) bond motifs is 2. The molecule has 240 valence electrons. The van der Waals surface area contributed by atoms with Crippen molar-refractivity contribution in [2.45, 2.75) is 43.9 Å². The van der Waals surface area contributed by atoms with Crippen LogP contribution in [0.3, 0.4) is 0 Å². The fourth-order valence-corrected chi connectivity index (χ4v) is 9.99. The Morgan fingerprint density at radius 2 is 1.04 bits per heavy atom. The van der Waals surface area contributed by atoms with E-state index in [1.165, 1.54) is 49.5 Å². The van der Waals surface area contributed by atoms with Crippen molar-refractivity contribution in [1.82, 2.24) is 15.0 Å². The van der Waals surface area contributed by atoms with Crippen molar-refractivity contribution in [1.29, 1.82) is 5.26 Å². The second-order valence-electron chi connectivity index (χ2n) is 15.0. The molecule has 4 nitrogen and oxygen atoms in total. The molecule has 6 aromatic carbocycles. The summed E-state index contributed by atoms with van der Waals surface area (Å²) in [6.07, 6.45) is 8.41. The minimum Gasteiger partial charge on any atom is -0.208 e. The molecule has 1 aromatic heterocycles. The van der Waals surface area contributed by atoms with Gasteiger partial charge in [-0.15, -0.1) is 0 Å². The maximum absolute atomic E-state index is 9.34. The Balaban J connectivity index is 1.11. The summed E-state index contributed by atoms with van der Waals surface area (Å²) in [5.74, 6) is 4.75. The first-order chi connectivity index (χ1) is 24.6. The van der Waals surface area contributed by atoms with E-state index in [0.29, 0.717) is 28.5 Å². The Morgan fingerprint density at radius 3 is 1.72 bits per heavy atom. The normalized spacial score (nSPS) is 22.2. The van der Waals surface area contributed by atoms with Crippen LogP contribution < -0.4 is 0 Å². The number of rotatable bonds is 5. The predicted molar refractivity (Wildman–Crippen MR) is 201 cm³/mol. The number of nitriles is 1. The second-order valence-corrected chi connectivity index (χ2v) is 15.0. The van der Waals surface area contributed by atoms with E-state index in [-0.39, 0.29) is 0 Å². The molecule has 4 fully saturated rings. The Labute approximate surface area is 292 Å². The zero-order valence-electron chi connectivity index (χ0n) is 27.9. The van der Waals surface area contributed by atoms with Gasteiger partial charge >= 0.3 is 0 Å². The molecule has 11 rings (SSSR count). The number of hydrogen-bond acceptors (Lipinski definition) is 4. The van der Waals surface area contributed by atoms with Crippen molar-refractivity contribution >= 4 is 21.5 Å². The molecule has 0 spiro atoms. The first-order valence-electron chi connectivity index (χ1n) is 18.0. The zero-order valence-corrected chi connectivity index (χ0v) is 27.9. The average molecular weight is 645 g/mol. The van der Waals surface area contributed by atoms with Gasteiger partial charge < -0.3 is 0 Å². The largest absolute Gasteiger partial charge is 0.208 e. The van der Waals surface area contributed by atoms with Crippen molar-refractivity contribution in [2.24, 2.45) is 17.8 Å². The summed E-state index contributed by atoms with van der Waals surface area (Å²) < 4.78 is 0. The smallest absolute Gasteiger partial charge is 0.164 e. The first-order valence-corrected chi connectivity index (χ1v) is 18.0. The molecule has 50 heavy (non-hydrogen) atoms. The van der Waals surface area contributed by atoms with Gasteiger partial charge in [-0.25, -0.2) is 15.0 Å². The summed E-state index contributed by atoms with van der Waals surface area (Å²) in [5, 5.41) is 13.9. The average Bonchev–Trinajstić information content (AvgIpc) is 3.17. The summed E-state index contributed by atoms with van der Waals surface area (Å²) in [4.78, 5) is 15.5. The topological polar surface area (TPSA) is 62.5 Å². The highest BCUT2D eigenvalue weighted by molar-refractivity contribution is 6.04. The van der Waals surface area contributed by atoms with Crippen LogP contribution in [0.5, 0.6) is 0 Å². The minimum absolute atomic E-state index is 0.351. The van der Waals surface area contributed by atoms with Gasteiger partial charge in [0.1, 0.15) is 0 Å². The highest BCUT2D eigenvalue weighted by Crippen LogP contribution is 2.60. The Hall–Kier alpha value is -5.66. The number of benzene rings is 6. The molecule has 0 unspecified atom stereocenters. The molecule has 0 N–H and O–H groups in total. The van der Waals surface area contributed by atoms with E-state index in [0.717, 1.165) is 61.7 Å². The van der Waals surface area contributed by atoms with E-state index < -0.39 is 0 Å². The lowest BCUT2D eigenvalue weighted by Gasteiger charge is -2.57. The van der Waals surface area contributed by atoms with Gasteiger partial charge in [-0.3, -0.25) is 0 Å². The van der Waals surface area contributed by atoms with Gasteiger partial charge in [0, 0.05) is 16.7 Å². The molecule has 0 aliphatic heterocycles. The maximum atomic E-state index is 9.34. The Bertz CT molecular complexity index is 2440. The van der Waals surface area contributed by atoms with E-state index in [1.54, 1.807) is 0 Å². The Morgan fingerprint density at radius 1 is 0.500 bits per heavy atom. The van der Waals surface area contributed by atoms with Crippen molar-refractivity contribution < 1.29 is 0 Å². The number of hydrogen-bond donors (Lipinski definition) is 0.